The molecule has 2 heterocycles. The molecule has 6 rings (SSSR count). The Morgan fingerprint density at radius 3 is 2.00 bits per heavy atom. The van der Waals surface area contributed by atoms with E-state index in [1.165, 1.54) is 64.3 Å². The summed E-state index contributed by atoms with van der Waals surface area (Å²) >= 11 is 0. The van der Waals surface area contributed by atoms with Gasteiger partial charge in [-0.3, -0.25) is 4.79 Å². The molecule has 4 heteroatoms. The van der Waals surface area contributed by atoms with Crippen molar-refractivity contribution in [3.05, 3.63) is 0 Å². The molecule has 1 atom stereocenters. The van der Waals surface area contributed by atoms with Gasteiger partial charge < -0.3 is 10.2 Å². The molecule has 4 aliphatic carbocycles. The highest BCUT2D eigenvalue weighted by Gasteiger charge is 2.51. The summed E-state index contributed by atoms with van der Waals surface area (Å²) in [6.07, 6.45) is 12.1. The van der Waals surface area contributed by atoms with Gasteiger partial charge in [0.1, 0.15) is 0 Å². The van der Waals surface area contributed by atoms with Crippen molar-refractivity contribution < 1.29 is 4.79 Å². The van der Waals surface area contributed by atoms with Crippen molar-refractivity contribution in [1.82, 2.24) is 10.2 Å². The molecule has 3 nitrogen and oxygen atoms in total. The Kier molecular flexibility index (Phi) is 4.85. The van der Waals surface area contributed by atoms with E-state index in [0.29, 0.717) is 11.8 Å². The van der Waals surface area contributed by atoms with Crippen LogP contribution >= 0.6 is 12.4 Å². The van der Waals surface area contributed by atoms with Crippen LogP contribution in [0.4, 0.5) is 0 Å². The Morgan fingerprint density at radius 1 is 0.833 bits per heavy atom. The van der Waals surface area contributed by atoms with Crippen LogP contribution in [-0.2, 0) is 4.79 Å². The van der Waals surface area contributed by atoms with Crippen LogP contribution in [0.15, 0.2) is 0 Å². The summed E-state index contributed by atoms with van der Waals surface area (Å²) in [6.45, 7) is 3.27. The minimum absolute atomic E-state index is 0. The average molecular weight is 353 g/mol. The third-order valence-corrected chi connectivity index (χ3v) is 8.03. The van der Waals surface area contributed by atoms with Gasteiger partial charge in [-0.15, -0.1) is 12.4 Å². The van der Waals surface area contributed by atoms with Crippen molar-refractivity contribution in [2.45, 2.75) is 63.8 Å². The fourth-order valence-electron chi connectivity index (χ4n) is 7.18. The number of carbonyl (C=O) groups is 1. The van der Waals surface area contributed by atoms with Crippen molar-refractivity contribution in [3.63, 3.8) is 0 Å². The molecule has 136 valence electrons. The maximum atomic E-state index is 13.2. The molecule has 0 radical (unpaired) electrons. The van der Waals surface area contributed by atoms with Gasteiger partial charge in [-0.2, -0.15) is 0 Å². The van der Waals surface area contributed by atoms with Crippen LogP contribution in [-0.4, -0.2) is 36.5 Å². The predicted octanol–water partition coefficient (Wildman–Crippen LogP) is 3.47. The lowest BCUT2D eigenvalue weighted by Gasteiger charge is -2.54. The van der Waals surface area contributed by atoms with E-state index in [9.17, 15) is 4.79 Å². The molecule has 6 aliphatic rings. The van der Waals surface area contributed by atoms with Gasteiger partial charge in [-0.25, -0.2) is 0 Å². The highest BCUT2D eigenvalue weighted by atomic mass is 35.5. The molecule has 0 spiro atoms. The monoisotopic (exact) mass is 352 g/mol. The number of carbonyl (C=O) groups excluding carboxylic acids is 1. The minimum Gasteiger partial charge on any atom is -0.342 e. The van der Waals surface area contributed by atoms with Gasteiger partial charge in [-0.05, 0) is 93.9 Å². The molecule has 0 aromatic rings. The summed E-state index contributed by atoms with van der Waals surface area (Å²) in [6, 6.07) is 0.744. The first-order chi connectivity index (χ1) is 11.3. The molecule has 1 amide bonds. The molecule has 24 heavy (non-hydrogen) atoms. The van der Waals surface area contributed by atoms with Crippen LogP contribution in [0.1, 0.15) is 57.8 Å². The van der Waals surface area contributed by atoms with Gasteiger partial charge in [0.05, 0.1) is 0 Å². The van der Waals surface area contributed by atoms with Gasteiger partial charge >= 0.3 is 0 Å². The van der Waals surface area contributed by atoms with Crippen LogP contribution in [0.3, 0.4) is 0 Å². The number of piperidine rings is 1. The van der Waals surface area contributed by atoms with Crippen molar-refractivity contribution in [2.75, 3.05) is 19.6 Å². The largest absolute Gasteiger partial charge is 0.342 e. The number of hydrogen-bond donors (Lipinski definition) is 1. The molecule has 6 fully saturated rings. The van der Waals surface area contributed by atoms with E-state index >= 15 is 0 Å². The summed E-state index contributed by atoms with van der Waals surface area (Å²) in [5, 5.41) is 3.67. The quantitative estimate of drug-likeness (QED) is 0.825. The highest BCUT2D eigenvalue weighted by Crippen LogP contribution is 2.57. The summed E-state index contributed by atoms with van der Waals surface area (Å²) < 4.78 is 0. The van der Waals surface area contributed by atoms with Crippen LogP contribution in [0.25, 0.3) is 0 Å². The topological polar surface area (TPSA) is 32.3 Å². The molecule has 0 aromatic carbocycles. The average Bonchev–Trinajstić information content (AvgIpc) is 3.08. The lowest BCUT2D eigenvalue weighted by atomic mass is 9.51. The maximum absolute atomic E-state index is 13.2. The number of rotatable bonds is 2. The number of nitrogens with zero attached hydrogens (tertiary/aromatic N) is 1. The molecule has 2 saturated heterocycles. The third-order valence-electron chi connectivity index (χ3n) is 8.03. The predicted molar refractivity (Wildman–Crippen MR) is 98.1 cm³/mol. The molecule has 4 saturated carbocycles. The van der Waals surface area contributed by atoms with Crippen LogP contribution < -0.4 is 5.32 Å². The fraction of sp³-hybridized carbons (Fsp3) is 0.950. The molecule has 1 unspecified atom stereocenters. The Hall–Kier alpha value is -0.280. The van der Waals surface area contributed by atoms with Crippen LogP contribution in [0, 0.1) is 35.5 Å². The number of nitrogens with one attached hydrogen (secondary N) is 1. The maximum Gasteiger partial charge on any atom is 0.226 e. The molecule has 4 bridgehead atoms. The lowest BCUT2D eigenvalue weighted by molar-refractivity contribution is -0.150. The number of halogens is 1. The van der Waals surface area contributed by atoms with Crippen molar-refractivity contribution in [3.8, 4) is 0 Å². The number of likely N-dealkylation sites (tertiary alicyclic amines) is 1. The summed E-state index contributed by atoms with van der Waals surface area (Å²) in [7, 11) is 0. The molecule has 2 aliphatic heterocycles. The van der Waals surface area contributed by atoms with Gasteiger partial charge in [0, 0.05) is 25.0 Å². The zero-order valence-electron chi connectivity index (χ0n) is 14.8. The normalized spacial score (nSPS) is 44.6. The molecule has 1 N–H and O–H groups in total. The first kappa shape index (κ1) is 17.1. The SMILES string of the molecule is Cl.O=C(C1C2CC3CC(C2)CC1C3)N1CCC(C2CCCN2)CC1. The standard InChI is InChI=1S/C20H32N2O.ClH/c23-20(19-16-9-13-8-14(11-16)12-17(19)10-13)22-6-3-15(4-7-22)18-2-1-5-21-18;/h13-19,21H,1-12H2;1H. The van der Waals surface area contributed by atoms with E-state index in [0.717, 1.165) is 48.7 Å². The summed E-state index contributed by atoms with van der Waals surface area (Å²) in [5.74, 6) is 5.21. The van der Waals surface area contributed by atoms with E-state index in [1.54, 1.807) is 0 Å². The van der Waals surface area contributed by atoms with Crippen molar-refractivity contribution in [1.29, 1.82) is 0 Å². The second-order valence-corrected chi connectivity index (χ2v) is 9.32. The van der Waals surface area contributed by atoms with Gasteiger partial charge in [0.2, 0.25) is 5.91 Å². The first-order valence-electron chi connectivity index (χ1n) is 10.3. The van der Waals surface area contributed by atoms with E-state index < -0.39 is 0 Å². The lowest BCUT2D eigenvalue weighted by Crippen LogP contribution is -2.53. The molecule has 0 aromatic heterocycles. The second-order valence-electron chi connectivity index (χ2n) is 9.32. The zero-order valence-corrected chi connectivity index (χ0v) is 15.6. The van der Waals surface area contributed by atoms with E-state index in [-0.39, 0.29) is 12.4 Å². The first-order valence-corrected chi connectivity index (χ1v) is 10.3. The van der Waals surface area contributed by atoms with E-state index in [2.05, 4.69) is 10.2 Å². The van der Waals surface area contributed by atoms with Gasteiger partial charge in [-0.1, -0.05) is 0 Å². The molecular formula is C20H33ClN2O. The Balaban J connectivity index is 0.00000146. The van der Waals surface area contributed by atoms with Crippen LogP contribution in [0.5, 0.6) is 0 Å². The van der Waals surface area contributed by atoms with E-state index in [4.69, 9.17) is 0 Å². The second kappa shape index (κ2) is 6.79. The summed E-state index contributed by atoms with van der Waals surface area (Å²) in [4.78, 5) is 15.5. The fourth-order valence-corrected chi connectivity index (χ4v) is 7.18. The zero-order chi connectivity index (χ0) is 15.4. The Morgan fingerprint density at radius 2 is 1.46 bits per heavy atom. The molecular weight excluding hydrogens is 320 g/mol. The number of amides is 1. The highest BCUT2D eigenvalue weighted by molar-refractivity contribution is 5.85. The van der Waals surface area contributed by atoms with Crippen molar-refractivity contribution in [2.24, 2.45) is 35.5 Å². The van der Waals surface area contributed by atoms with Gasteiger partial charge in [0.15, 0.2) is 0 Å². The van der Waals surface area contributed by atoms with E-state index in [1.807, 2.05) is 0 Å². The smallest absolute Gasteiger partial charge is 0.226 e. The summed E-state index contributed by atoms with van der Waals surface area (Å²) in [5.41, 5.74) is 0. The number of hydrogen-bond acceptors (Lipinski definition) is 2. The Labute approximate surface area is 152 Å². The Bertz CT molecular complexity index is 440. The van der Waals surface area contributed by atoms with Crippen LogP contribution in [0.2, 0.25) is 0 Å². The van der Waals surface area contributed by atoms with Gasteiger partial charge in [0.25, 0.3) is 0 Å². The van der Waals surface area contributed by atoms with Crippen molar-refractivity contribution >= 4 is 18.3 Å². The minimum atomic E-state index is 0. The third kappa shape index (κ3) is 2.90.